The lowest BCUT2D eigenvalue weighted by atomic mass is 10.2. The highest BCUT2D eigenvalue weighted by Crippen LogP contribution is 2.20. The Morgan fingerprint density at radius 1 is 0.815 bits per heavy atom. The second-order valence-electron chi connectivity index (χ2n) is 6.54. The lowest BCUT2D eigenvalue weighted by Gasteiger charge is -2.12. The Morgan fingerprint density at radius 2 is 1.44 bits per heavy atom. The van der Waals surface area contributed by atoms with Crippen LogP contribution in [0.15, 0.2) is 82.1 Å². The van der Waals surface area contributed by atoms with Crippen LogP contribution in [0.1, 0.15) is 22.3 Å². The number of nitrogens with zero attached hydrogens (tertiary/aromatic N) is 1. The van der Waals surface area contributed by atoms with Crippen molar-refractivity contribution in [2.75, 3.05) is 5.32 Å². The molecule has 0 unspecified atom stereocenters. The van der Waals surface area contributed by atoms with Gasteiger partial charge in [-0.05, 0) is 44.5 Å². The summed E-state index contributed by atoms with van der Waals surface area (Å²) in [6, 6.07) is 22.2. The Hall–Kier alpha value is -2.92. The number of benzene rings is 3. The number of nitrogens with one attached hydrogen (secondary N) is 1. The molecule has 5 heteroatoms. The molecular weight excluding hydrogens is 356 g/mol. The van der Waals surface area contributed by atoms with Crippen LogP contribution in [0.25, 0.3) is 0 Å². The lowest BCUT2D eigenvalue weighted by molar-refractivity contribution is 0.597. The van der Waals surface area contributed by atoms with Gasteiger partial charge in [-0.3, -0.25) is 0 Å². The highest BCUT2D eigenvalue weighted by atomic mass is 32.2. The first-order valence-corrected chi connectivity index (χ1v) is 10.1. The van der Waals surface area contributed by atoms with Crippen molar-refractivity contribution in [3.63, 3.8) is 0 Å². The molecule has 0 saturated heterocycles. The molecule has 0 fully saturated rings. The van der Waals surface area contributed by atoms with E-state index in [1.807, 2.05) is 74.5 Å². The van der Waals surface area contributed by atoms with Gasteiger partial charge in [0, 0.05) is 11.3 Å². The zero-order valence-corrected chi connectivity index (χ0v) is 16.4. The van der Waals surface area contributed by atoms with E-state index in [1.165, 1.54) is 0 Å². The maximum absolute atomic E-state index is 13.0. The van der Waals surface area contributed by atoms with Crippen LogP contribution in [0.3, 0.4) is 0 Å². The van der Waals surface area contributed by atoms with Crippen molar-refractivity contribution in [3.05, 3.63) is 95.1 Å². The summed E-state index contributed by atoms with van der Waals surface area (Å²) in [6.07, 6.45) is 0. The summed E-state index contributed by atoms with van der Waals surface area (Å²) in [7, 11) is -3.86. The number of anilines is 1. The van der Waals surface area contributed by atoms with Crippen LogP contribution in [-0.2, 0) is 10.0 Å². The maximum Gasteiger partial charge on any atom is 0.284 e. The van der Waals surface area contributed by atoms with E-state index in [2.05, 4.69) is 9.71 Å². The van der Waals surface area contributed by atoms with Gasteiger partial charge in [0.05, 0.1) is 4.90 Å². The summed E-state index contributed by atoms with van der Waals surface area (Å²) in [4.78, 5) is 0.215. The van der Waals surface area contributed by atoms with Crippen LogP contribution in [0.2, 0.25) is 0 Å². The predicted octanol–water partition coefficient (Wildman–Crippen LogP) is 4.86. The van der Waals surface area contributed by atoms with Gasteiger partial charge >= 0.3 is 0 Å². The number of hydrogen-bond donors (Lipinski definition) is 1. The molecule has 0 radical (unpaired) electrons. The Kier molecular flexibility index (Phi) is 5.42. The minimum Gasteiger partial charge on any atom is -0.339 e. The molecule has 3 rings (SSSR count). The molecule has 0 spiro atoms. The third-order valence-corrected chi connectivity index (χ3v) is 5.62. The van der Waals surface area contributed by atoms with Crippen LogP contribution < -0.4 is 5.32 Å². The Balaban J connectivity index is 2.07. The van der Waals surface area contributed by atoms with Gasteiger partial charge in [0.25, 0.3) is 10.0 Å². The fraction of sp³-hybridized carbons (Fsp3) is 0.136. The second kappa shape index (κ2) is 7.76. The fourth-order valence-corrected chi connectivity index (χ4v) is 3.97. The summed E-state index contributed by atoms with van der Waals surface area (Å²) in [5, 5.41) is 3.15. The zero-order valence-electron chi connectivity index (χ0n) is 15.6. The van der Waals surface area contributed by atoms with Crippen LogP contribution >= 0.6 is 0 Å². The molecule has 1 N–H and O–H groups in total. The molecule has 0 atom stereocenters. The number of hydrogen-bond acceptors (Lipinski definition) is 2. The van der Waals surface area contributed by atoms with E-state index in [0.29, 0.717) is 17.0 Å². The third-order valence-electron chi connectivity index (χ3n) is 4.18. The van der Waals surface area contributed by atoms with Gasteiger partial charge < -0.3 is 5.32 Å². The standard InChI is InChI=1S/C22H22N2O2S/c1-16-9-12-20(13-10-16)23-22(19-7-5-4-6-8-19)24-27(25,26)21-14-11-17(2)15-18(21)3/h4-15H,1-3H3,(H,23,24). The van der Waals surface area contributed by atoms with Crippen molar-refractivity contribution in [1.82, 2.24) is 0 Å². The molecule has 0 bridgehead atoms. The van der Waals surface area contributed by atoms with E-state index in [-0.39, 0.29) is 4.90 Å². The van der Waals surface area contributed by atoms with Crippen molar-refractivity contribution in [3.8, 4) is 0 Å². The van der Waals surface area contributed by atoms with E-state index in [0.717, 1.165) is 16.8 Å². The van der Waals surface area contributed by atoms with Gasteiger partial charge in [0.1, 0.15) is 0 Å². The SMILES string of the molecule is Cc1ccc(N/C(=N\S(=O)(=O)c2ccc(C)cc2C)c2ccccc2)cc1. The van der Waals surface area contributed by atoms with Crippen LogP contribution in [0.5, 0.6) is 0 Å². The van der Waals surface area contributed by atoms with E-state index in [9.17, 15) is 8.42 Å². The summed E-state index contributed by atoms with van der Waals surface area (Å²) in [5.74, 6) is 0.291. The van der Waals surface area contributed by atoms with Crippen molar-refractivity contribution >= 4 is 21.5 Å². The van der Waals surface area contributed by atoms with Gasteiger partial charge in [-0.2, -0.15) is 8.42 Å². The topological polar surface area (TPSA) is 58.5 Å². The molecule has 3 aromatic carbocycles. The molecule has 4 nitrogen and oxygen atoms in total. The molecule has 3 aromatic rings. The Bertz CT molecular complexity index is 1070. The van der Waals surface area contributed by atoms with Crippen molar-refractivity contribution in [2.24, 2.45) is 4.40 Å². The summed E-state index contributed by atoms with van der Waals surface area (Å²) in [5.41, 5.74) is 4.30. The predicted molar refractivity (Wildman–Crippen MR) is 111 cm³/mol. The summed E-state index contributed by atoms with van der Waals surface area (Å²) < 4.78 is 30.1. The third kappa shape index (κ3) is 4.63. The lowest BCUT2D eigenvalue weighted by Crippen LogP contribution is -2.16. The van der Waals surface area contributed by atoms with E-state index in [4.69, 9.17) is 0 Å². The zero-order chi connectivity index (χ0) is 19.4. The molecule has 0 aliphatic heterocycles. The van der Waals surface area contributed by atoms with Crippen LogP contribution in [0, 0.1) is 20.8 Å². The second-order valence-corrected chi connectivity index (χ2v) is 8.11. The Labute approximate surface area is 160 Å². The van der Waals surface area contributed by atoms with Crippen LogP contribution in [-0.4, -0.2) is 14.3 Å². The highest BCUT2D eigenvalue weighted by molar-refractivity contribution is 7.90. The first-order chi connectivity index (χ1) is 12.8. The molecule has 27 heavy (non-hydrogen) atoms. The molecule has 0 heterocycles. The van der Waals surface area contributed by atoms with Gasteiger partial charge in [-0.25, -0.2) is 0 Å². The molecule has 0 amide bonds. The number of sulfonamides is 1. The van der Waals surface area contributed by atoms with Crippen molar-refractivity contribution < 1.29 is 8.42 Å². The van der Waals surface area contributed by atoms with E-state index in [1.54, 1.807) is 19.1 Å². The summed E-state index contributed by atoms with van der Waals surface area (Å²) in [6.45, 7) is 5.71. The average Bonchev–Trinajstić information content (AvgIpc) is 2.63. The van der Waals surface area contributed by atoms with Gasteiger partial charge in [-0.15, -0.1) is 4.40 Å². The molecular formula is C22H22N2O2S. The first-order valence-electron chi connectivity index (χ1n) is 8.66. The van der Waals surface area contributed by atoms with E-state index >= 15 is 0 Å². The normalized spacial score (nSPS) is 12.0. The highest BCUT2D eigenvalue weighted by Gasteiger charge is 2.18. The van der Waals surface area contributed by atoms with Crippen molar-refractivity contribution in [1.29, 1.82) is 0 Å². The molecule has 0 saturated carbocycles. The number of aryl methyl sites for hydroxylation is 3. The molecule has 0 aromatic heterocycles. The first kappa shape index (κ1) is 18.9. The molecule has 0 aliphatic rings. The summed E-state index contributed by atoms with van der Waals surface area (Å²) >= 11 is 0. The molecule has 0 aliphatic carbocycles. The quantitative estimate of drug-likeness (QED) is 0.521. The monoisotopic (exact) mass is 378 g/mol. The smallest absolute Gasteiger partial charge is 0.284 e. The minimum absolute atomic E-state index is 0.215. The van der Waals surface area contributed by atoms with Crippen LogP contribution in [0.4, 0.5) is 5.69 Å². The average molecular weight is 378 g/mol. The maximum atomic E-state index is 13.0. The van der Waals surface area contributed by atoms with Gasteiger partial charge in [-0.1, -0.05) is 65.7 Å². The number of amidine groups is 1. The Morgan fingerprint density at radius 3 is 2.07 bits per heavy atom. The van der Waals surface area contributed by atoms with E-state index < -0.39 is 10.0 Å². The largest absolute Gasteiger partial charge is 0.339 e. The van der Waals surface area contributed by atoms with Gasteiger partial charge in [0.15, 0.2) is 5.84 Å². The van der Waals surface area contributed by atoms with Gasteiger partial charge in [0.2, 0.25) is 0 Å². The number of rotatable bonds is 4. The fourth-order valence-electron chi connectivity index (χ4n) is 2.78. The van der Waals surface area contributed by atoms with Crippen molar-refractivity contribution in [2.45, 2.75) is 25.7 Å². The molecule has 138 valence electrons. The minimum atomic E-state index is -3.86.